The zero-order valence-corrected chi connectivity index (χ0v) is 18.6. The number of hydrogen-bond donors (Lipinski definition) is 2. The SMILES string of the molecule is NCCCCCOc1ccc([C@@H]2C[C@@H](CC(=O)O)C(=O)N2CCCc2ccccc2)cc1. The molecule has 0 radical (unpaired) electrons. The van der Waals surface area contributed by atoms with Gasteiger partial charge in [-0.15, -0.1) is 0 Å². The van der Waals surface area contributed by atoms with Crippen molar-refractivity contribution in [2.75, 3.05) is 19.7 Å². The third kappa shape index (κ3) is 6.82. The van der Waals surface area contributed by atoms with Crippen LogP contribution >= 0.6 is 0 Å². The van der Waals surface area contributed by atoms with Crippen LogP contribution in [0.15, 0.2) is 54.6 Å². The maximum atomic E-state index is 13.0. The molecule has 6 heteroatoms. The summed E-state index contributed by atoms with van der Waals surface area (Å²) in [5.74, 6) is -0.631. The summed E-state index contributed by atoms with van der Waals surface area (Å²) in [6.07, 6.45) is 5.19. The Hall–Kier alpha value is -2.86. The molecule has 0 aliphatic carbocycles. The van der Waals surface area contributed by atoms with Gasteiger partial charge >= 0.3 is 5.97 Å². The summed E-state index contributed by atoms with van der Waals surface area (Å²) in [4.78, 5) is 26.1. The first kappa shape index (κ1) is 23.8. The highest BCUT2D eigenvalue weighted by Gasteiger charge is 2.40. The molecule has 1 fully saturated rings. The molecule has 2 atom stereocenters. The Bertz CT molecular complexity index is 854. The van der Waals surface area contributed by atoms with E-state index in [-0.39, 0.29) is 18.4 Å². The van der Waals surface area contributed by atoms with E-state index >= 15 is 0 Å². The molecule has 32 heavy (non-hydrogen) atoms. The van der Waals surface area contributed by atoms with Gasteiger partial charge in [-0.3, -0.25) is 9.59 Å². The van der Waals surface area contributed by atoms with Crippen molar-refractivity contribution in [3.63, 3.8) is 0 Å². The Kier molecular flexibility index (Phi) is 9.11. The first-order chi connectivity index (χ1) is 15.6. The molecule has 3 rings (SSSR count). The number of carbonyl (C=O) groups excluding carboxylic acids is 1. The molecule has 172 valence electrons. The monoisotopic (exact) mass is 438 g/mol. The fourth-order valence-corrected chi connectivity index (χ4v) is 4.35. The van der Waals surface area contributed by atoms with Crippen LogP contribution in [0, 0.1) is 5.92 Å². The van der Waals surface area contributed by atoms with Gasteiger partial charge in [-0.2, -0.15) is 0 Å². The summed E-state index contributed by atoms with van der Waals surface area (Å²) < 4.78 is 5.81. The lowest BCUT2D eigenvalue weighted by atomic mass is 9.97. The summed E-state index contributed by atoms with van der Waals surface area (Å²) in [6.45, 7) is 1.99. The summed E-state index contributed by atoms with van der Waals surface area (Å²) in [7, 11) is 0. The zero-order chi connectivity index (χ0) is 22.8. The van der Waals surface area contributed by atoms with Crippen molar-refractivity contribution in [1.82, 2.24) is 4.90 Å². The normalized spacial score (nSPS) is 18.2. The average Bonchev–Trinajstić information content (AvgIpc) is 3.09. The van der Waals surface area contributed by atoms with Crippen LogP contribution in [-0.4, -0.2) is 41.6 Å². The van der Waals surface area contributed by atoms with Crippen LogP contribution in [0.1, 0.15) is 55.7 Å². The van der Waals surface area contributed by atoms with E-state index in [0.717, 1.165) is 43.4 Å². The molecule has 0 spiro atoms. The van der Waals surface area contributed by atoms with E-state index in [4.69, 9.17) is 10.5 Å². The van der Waals surface area contributed by atoms with Crippen LogP contribution in [0.5, 0.6) is 5.75 Å². The van der Waals surface area contributed by atoms with Gasteiger partial charge in [0, 0.05) is 6.54 Å². The number of unbranched alkanes of at least 4 members (excludes halogenated alkanes) is 2. The molecular formula is C26H34N2O4. The maximum Gasteiger partial charge on any atom is 0.304 e. The van der Waals surface area contributed by atoms with Crippen LogP contribution in [0.25, 0.3) is 0 Å². The summed E-state index contributed by atoms with van der Waals surface area (Å²) in [5, 5.41) is 9.24. The zero-order valence-electron chi connectivity index (χ0n) is 18.6. The Balaban J connectivity index is 1.62. The van der Waals surface area contributed by atoms with Gasteiger partial charge in [-0.25, -0.2) is 0 Å². The van der Waals surface area contributed by atoms with Crippen molar-refractivity contribution >= 4 is 11.9 Å². The number of ether oxygens (including phenoxy) is 1. The molecule has 1 aliphatic heterocycles. The molecule has 3 N–H and O–H groups in total. The van der Waals surface area contributed by atoms with Crippen LogP contribution in [0.3, 0.4) is 0 Å². The molecule has 6 nitrogen and oxygen atoms in total. The first-order valence-corrected chi connectivity index (χ1v) is 11.6. The fraction of sp³-hybridized carbons (Fsp3) is 0.462. The lowest BCUT2D eigenvalue weighted by Gasteiger charge is -2.25. The minimum absolute atomic E-state index is 0.0503. The predicted molar refractivity (Wildman–Crippen MR) is 124 cm³/mol. The summed E-state index contributed by atoms with van der Waals surface area (Å²) in [5.41, 5.74) is 7.78. The third-order valence-electron chi connectivity index (χ3n) is 6.03. The standard InChI is InChI=1S/C26H34N2O4/c27-15-5-2-6-17-32-23-13-11-21(12-14-23)24-18-22(19-25(29)30)26(31)28(24)16-7-10-20-8-3-1-4-9-20/h1,3-4,8-9,11-14,22,24H,2,5-7,10,15-19,27H2,(H,29,30)/t22-,24-/m0/s1. The maximum absolute atomic E-state index is 13.0. The Morgan fingerprint density at radius 2 is 1.78 bits per heavy atom. The number of benzene rings is 2. The quantitative estimate of drug-likeness (QED) is 0.458. The first-order valence-electron chi connectivity index (χ1n) is 11.6. The number of rotatable bonds is 13. The number of amides is 1. The molecule has 0 aromatic heterocycles. The van der Waals surface area contributed by atoms with E-state index in [1.165, 1.54) is 5.56 Å². The highest BCUT2D eigenvalue weighted by atomic mass is 16.5. The summed E-state index contributed by atoms with van der Waals surface area (Å²) >= 11 is 0. The molecule has 0 unspecified atom stereocenters. The van der Waals surface area contributed by atoms with Crippen molar-refractivity contribution < 1.29 is 19.4 Å². The van der Waals surface area contributed by atoms with Crippen molar-refractivity contribution in [3.05, 3.63) is 65.7 Å². The topological polar surface area (TPSA) is 92.9 Å². The molecule has 2 aromatic rings. The second-order valence-corrected chi connectivity index (χ2v) is 8.43. The summed E-state index contributed by atoms with van der Waals surface area (Å²) in [6, 6.07) is 18.0. The number of aryl methyl sites for hydroxylation is 1. The lowest BCUT2D eigenvalue weighted by Crippen LogP contribution is -2.31. The van der Waals surface area contributed by atoms with Crippen LogP contribution < -0.4 is 10.5 Å². The molecule has 1 amide bonds. The van der Waals surface area contributed by atoms with Gasteiger partial charge in [0.1, 0.15) is 5.75 Å². The van der Waals surface area contributed by atoms with E-state index in [2.05, 4.69) is 12.1 Å². The van der Waals surface area contributed by atoms with Crippen molar-refractivity contribution in [1.29, 1.82) is 0 Å². The second kappa shape index (κ2) is 12.2. The predicted octanol–water partition coefficient (Wildman–Crippen LogP) is 4.19. The van der Waals surface area contributed by atoms with Gasteiger partial charge < -0.3 is 20.5 Å². The fourth-order valence-electron chi connectivity index (χ4n) is 4.35. The van der Waals surface area contributed by atoms with E-state index in [0.29, 0.717) is 26.1 Å². The minimum Gasteiger partial charge on any atom is -0.494 e. The van der Waals surface area contributed by atoms with Crippen molar-refractivity contribution in [3.8, 4) is 5.75 Å². The molecule has 1 saturated heterocycles. The molecule has 1 heterocycles. The number of carboxylic acids is 1. The van der Waals surface area contributed by atoms with Gasteiger partial charge in [0.05, 0.1) is 25.0 Å². The van der Waals surface area contributed by atoms with Crippen molar-refractivity contribution in [2.45, 2.75) is 51.0 Å². The van der Waals surface area contributed by atoms with Gasteiger partial charge in [0.25, 0.3) is 0 Å². The van der Waals surface area contributed by atoms with Gasteiger partial charge in [0.15, 0.2) is 0 Å². The van der Waals surface area contributed by atoms with E-state index in [9.17, 15) is 14.7 Å². The highest BCUT2D eigenvalue weighted by molar-refractivity contribution is 5.85. The van der Waals surface area contributed by atoms with Gasteiger partial charge in [-0.05, 0) is 68.3 Å². The largest absolute Gasteiger partial charge is 0.494 e. The Morgan fingerprint density at radius 1 is 1.03 bits per heavy atom. The Morgan fingerprint density at radius 3 is 2.47 bits per heavy atom. The smallest absolute Gasteiger partial charge is 0.304 e. The number of hydrogen-bond acceptors (Lipinski definition) is 4. The lowest BCUT2D eigenvalue weighted by molar-refractivity contribution is -0.142. The van der Waals surface area contributed by atoms with E-state index < -0.39 is 11.9 Å². The number of nitrogens with zero attached hydrogens (tertiary/aromatic N) is 1. The molecule has 2 aromatic carbocycles. The van der Waals surface area contributed by atoms with Crippen LogP contribution in [-0.2, 0) is 16.0 Å². The third-order valence-corrected chi connectivity index (χ3v) is 6.03. The van der Waals surface area contributed by atoms with Crippen LogP contribution in [0.2, 0.25) is 0 Å². The van der Waals surface area contributed by atoms with E-state index in [1.807, 2.05) is 47.4 Å². The average molecular weight is 439 g/mol. The number of carboxylic acid groups (broad SMARTS) is 1. The number of likely N-dealkylation sites (tertiary alicyclic amines) is 1. The number of aliphatic carboxylic acids is 1. The minimum atomic E-state index is -0.924. The number of carbonyl (C=O) groups is 2. The molecular weight excluding hydrogens is 404 g/mol. The molecule has 1 aliphatic rings. The second-order valence-electron chi connectivity index (χ2n) is 8.43. The van der Waals surface area contributed by atoms with E-state index in [1.54, 1.807) is 0 Å². The van der Waals surface area contributed by atoms with Crippen molar-refractivity contribution in [2.24, 2.45) is 11.7 Å². The molecule has 0 bridgehead atoms. The Labute approximate surface area is 190 Å². The number of nitrogens with two attached hydrogens (primary N) is 1. The van der Waals surface area contributed by atoms with Gasteiger partial charge in [-0.1, -0.05) is 42.5 Å². The molecule has 0 saturated carbocycles. The van der Waals surface area contributed by atoms with Gasteiger partial charge in [0.2, 0.25) is 5.91 Å². The highest BCUT2D eigenvalue weighted by Crippen LogP contribution is 2.38. The van der Waals surface area contributed by atoms with Crippen LogP contribution in [0.4, 0.5) is 0 Å².